The molecular formula is C18H19ClN2O3. The first-order valence-electron chi connectivity index (χ1n) is 7.86. The van der Waals surface area contributed by atoms with Gasteiger partial charge in [0.2, 0.25) is 0 Å². The molecule has 1 amide bonds. The van der Waals surface area contributed by atoms with E-state index in [1.807, 2.05) is 18.2 Å². The van der Waals surface area contributed by atoms with Gasteiger partial charge in [-0.1, -0.05) is 31.5 Å². The van der Waals surface area contributed by atoms with Crippen molar-refractivity contribution in [1.82, 2.24) is 10.3 Å². The summed E-state index contributed by atoms with van der Waals surface area (Å²) in [6.45, 7) is 5.20. The van der Waals surface area contributed by atoms with Gasteiger partial charge in [0.05, 0.1) is 11.6 Å². The third kappa shape index (κ3) is 3.62. The van der Waals surface area contributed by atoms with Gasteiger partial charge in [-0.25, -0.2) is 4.98 Å². The summed E-state index contributed by atoms with van der Waals surface area (Å²) in [6.07, 6.45) is 1.47. The molecule has 5 nitrogen and oxygen atoms in total. The van der Waals surface area contributed by atoms with Crippen LogP contribution in [0.15, 0.2) is 36.5 Å². The lowest BCUT2D eigenvalue weighted by molar-refractivity contribution is 0.0925. The van der Waals surface area contributed by atoms with Gasteiger partial charge in [0.15, 0.2) is 11.5 Å². The molecule has 0 radical (unpaired) electrons. The second-order valence-electron chi connectivity index (χ2n) is 5.97. The van der Waals surface area contributed by atoms with E-state index in [-0.39, 0.29) is 17.9 Å². The van der Waals surface area contributed by atoms with Gasteiger partial charge in [-0.3, -0.25) is 4.79 Å². The summed E-state index contributed by atoms with van der Waals surface area (Å²) in [6, 6.07) is 8.88. The number of aromatic nitrogens is 1. The van der Waals surface area contributed by atoms with Gasteiger partial charge in [0.1, 0.15) is 18.4 Å². The van der Waals surface area contributed by atoms with Gasteiger partial charge in [0, 0.05) is 6.20 Å². The minimum absolute atomic E-state index is 0.149. The molecule has 0 fully saturated rings. The molecule has 1 atom stereocenters. The van der Waals surface area contributed by atoms with E-state index in [1.54, 1.807) is 12.1 Å². The van der Waals surface area contributed by atoms with E-state index < -0.39 is 0 Å². The van der Waals surface area contributed by atoms with E-state index in [9.17, 15) is 4.79 Å². The third-order valence-electron chi connectivity index (χ3n) is 3.87. The number of fused-ring (bicyclic) bond motifs is 1. The van der Waals surface area contributed by atoms with Crippen molar-refractivity contribution in [2.75, 3.05) is 13.2 Å². The van der Waals surface area contributed by atoms with Crippen molar-refractivity contribution in [2.45, 2.75) is 19.9 Å². The first-order valence-corrected chi connectivity index (χ1v) is 8.24. The molecule has 1 unspecified atom stereocenters. The van der Waals surface area contributed by atoms with Crippen molar-refractivity contribution in [3.8, 4) is 11.5 Å². The van der Waals surface area contributed by atoms with Crippen LogP contribution in [-0.2, 0) is 0 Å². The van der Waals surface area contributed by atoms with Crippen LogP contribution in [-0.4, -0.2) is 24.1 Å². The zero-order valence-corrected chi connectivity index (χ0v) is 14.3. The van der Waals surface area contributed by atoms with Crippen LogP contribution >= 0.6 is 11.6 Å². The number of carbonyl (C=O) groups excluding carboxylic acids is 1. The maximum atomic E-state index is 12.5. The average Bonchev–Trinajstić information content (AvgIpc) is 2.59. The summed E-state index contributed by atoms with van der Waals surface area (Å²) < 4.78 is 11.2. The van der Waals surface area contributed by atoms with Crippen molar-refractivity contribution < 1.29 is 14.3 Å². The topological polar surface area (TPSA) is 60.5 Å². The van der Waals surface area contributed by atoms with Crippen molar-refractivity contribution in [3.63, 3.8) is 0 Å². The van der Waals surface area contributed by atoms with Gasteiger partial charge in [-0.2, -0.15) is 0 Å². The Bertz CT molecular complexity index is 732. The number of nitrogens with one attached hydrogen (secondary N) is 1. The first kappa shape index (κ1) is 16.6. The Balaban J connectivity index is 1.82. The monoisotopic (exact) mass is 346 g/mol. The van der Waals surface area contributed by atoms with E-state index in [0.29, 0.717) is 29.7 Å². The number of amides is 1. The molecule has 0 aliphatic carbocycles. The number of hydrogen-bond donors (Lipinski definition) is 1. The molecule has 24 heavy (non-hydrogen) atoms. The lowest BCUT2D eigenvalue weighted by atomic mass is 9.95. The molecule has 0 spiro atoms. The van der Waals surface area contributed by atoms with Crippen LogP contribution in [0.3, 0.4) is 0 Å². The lowest BCUT2D eigenvalue weighted by Crippen LogP contribution is -2.32. The normalized spacial score (nSPS) is 14.3. The molecule has 1 aromatic carbocycles. The van der Waals surface area contributed by atoms with Gasteiger partial charge in [0.25, 0.3) is 5.91 Å². The van der Waals surface area contributed by atoms with Gasteiger partial charge >= 0.3 is 0 Å². The molecule has 0 bridgehead atoms. The number of pyridine rings is 1. The molecular weight excluding hydrogens is 328 g/mol. The Morgan fingerprint density at radius 1 is 1.17 bits per heavy atom. The van der Waals surface area contributed by atoms with Crippen LogP contribution in [0.4, 0.5) is 0 Å². The number of carbonyl (C=O) groups is 1. The quantitative estimate of drug-likeness (QED) is 0.859. The summed E-state index contributed by atoms with van der Waals surface area (Å²) in [7, 11) is 0. The maximum Gasteiger partial charge on any atom is 0.253 e. The third-order valence-corrected chi connectivity index (χ3v) is 4.09. The Hall–Kier alpha value is -2.27. The zero-order valence-electron chi connectivity index (χ0n) is 13.6. The minimum Gasteiger partial charge on any atom is -0.486 e. The molecule has 1 aliphatic heterocycles. The van der Waals surface area contributed by atoms with Crippen LogP contribution in [0.5, 0.6) is 11.5 Å². The van der Waals surface area contributed by atoms with Crippen LogP contribution in [0, 0.1) is 5.92 Å². The average molecular weight is 347 g/mol. The summed E-state index contributed by atoms with van der Waals surface area (Å²) >= 11 is 5.77. The molecule has 0 saturated carbocycles. The second kappa shape index (κ2) is 7.09. The number of hydrogen-bond acceptors (Lipinski definition) is 4. The van der Waals surface area contributed by atoms with Gasteiger partial charge < -0.3 is 14.8 Å². The number of halogens is 1. The van der Waals surface area contributed by atoms with Gasteiger partial charge in [-0.15, -0.1) is 0 Å². The molecule has 2 aromatic rings. The van der Waals surface area contributed by atoms with Gasteiger partial charge in [-0.05, 0) is 35.7 Å². The molecule has 2 heterocycles. The van der Waals surface area contributed by atoms with Crippen LogP contribution in [0.1, 0.15) is 35.8 Å². The lowest BCUT2D eigenvalue weighted by Gasteiger charge is -2.25. The highest BCUT2D eigenvalue weighted by molar-refractivity contribution is 6.29. The fraction of sp³-hybridized carbons (Fsp3) is 0.333. The zero-order chi connectivity index (χ0) is 17.1. The van der Waals surface area contributed by atoms with Crippen LogP contribution in [0.2, 0.25) is 5.15 Å². The molecule has 1 aromatic heterocycles. The Morgan fingerprint density at radius 3 is 2.58 bits per heavy atom. The number of nitrogens with zero attached hydrogens (tertiary/aromatic N) is 1. The first-order chi connectivity index (χ1) is 11.5. The van der Waals surface area contributed by atoms with E-state index in [0.717, 1.165) is 11.3 Å². The Kier molecular flexibility index (Phi) is 4.90. The number of benzene rings is 1. The standard InChI is InChI=1S/C18H19ClN2O3/c1-11(2)17(21-18(22)13-4-6-16(19)20-10-13)12-3-5-14-15(9-12)24-8-7-23-14/h3-6,9-11,17H,7-8H2,1-2H3,(H,21,22). The minimum atomic E-state index is -0.187. The summed E-state index contributed by atoms with van der Waals surface area (Å²) in [5.74, 6) is 1.47. The smallest absolute Gasteiger partial charge is 0.253 e. The molecule has 6 heteroatoms. The van der Waals surface area contributed by atoms with E-state index in [4.69, 9.17) is 21.1 Å². The molecule has 1 N–H and O–H groups in total. The predicted molar refractivity (Wildman–Crippen MR) is 91.7 cm³/mol. The fourth-order valence-electron chi connectivity index (χ4n) is 2.62. The largest absolute Gasteiger partial charge is 0.486 e. The summed E-state index contributed by atoms with van der Waals surface area (Å²) in [4.78, 5) is 16.4. The number of rotatable bonds is 4. The summed E-state index contributed by atoms with van der Waals surface area (Å²) in [5, 5.41) is 3.42. The highest BCUT2D eigenvalue weighted by Gasteiger charge is 2.22. The van der Waals surface area contributed by atoms with E-state index >= 15 is 0 Å². The Morgan fingerprint density at radius 2 is 1.92 bits per heavy atom. The molecule has 1 aliphatic rings. The number of ether oxygens (including phenoxy) is 2. The molecule has 3 rings (SSSR count). The Labute approximate surface area is 145 Å². The van der Waals surface area contributed by atoms with E-state index in [1.165, 1.54) is 6.20 Å². The molecule has 0 saturated heterocycles. The maximum absolute atomic E-state index is 12.5. The van der Waals surface area contributed by atoms with E-state index in [2.05, 4.69) is 24.1 Å². The predicted octanol–water partition coefficient (Wildman–Crippen LogP) is 3.63. The van der Waals surface area contributed by atoms with Crippen LogP contribution < -0.4 is 14.8 Å². The van der Waals surface area contributed by atoms with Crippen LogP contribution in [0.25, 0.3) is 0 Å². The SMILES string of the molecule is CC(C)C(NC(=O)c1ccc(Cl)nc1)c1ccc2c(c1)OCCO2. The van der Waals surface area contributed by atoms with Crippen molar-refractivity contribution in [3.05, 3.63) is 52.8 Å². The molecule has 126 valence electrons. The fourth-order valence-corrected chi connectivity index (χ4v) is 2.73. The van der Waals surface area contributed by atoms with Crippen molar-refractivity contribution >= 4 is 17.5 Å². The highest BCUT2D eigenvalue weighted by Crippen LogP contribution is 2.34. The van der Waals surface area contributed by atoms with Crippen molar-refractivity contribution in [2.24, 2.45) is 5.92 Å². The second-order valence-corrected chi connectivity index (χ2v) is 6.36. The summed E-state index contributed by atoms with van der Waals surface area (Å²) in [5.41, 5.74) is 1.45. The van der Waals surface area contributed by atoms with Crippen molar-refractivity contribution in [1.29, 1.82) is 0 Å². The highest BCUT2D eigenvalue weighted by atomic mass is 35.5.